The summed E-state index contributed by atoms with van der Waals surface area (Å²) in [5, 5.41) is 19.3. The molecule has 6 heteroatoms. The zero-order valence-corrected chi connectivity index (χ0v) is 10.2. The van der Waals surface area contributed by atoms with Crippen LogP contribution in [0.4, 0.5) is 0 Å². The van der Waals surface area contributed by atoms with Crippen molar-refractivity contribution in [1.29, 1.82) is 5.41 Å². The van der Waals surface area contributed by atoms with E-state index in [4.69, 9.17) is 15.3 Å². The first-order valence-corrected chi connectivity index (χ1v) is 5.99. The largest absolute Gasteiger partial charge is 0.480 e. The predicted molar refractivity (Wildman–Crippen MR) is 63.2 cm³/mol. The van der Waals surface area contributed by atoms with Gasteiger partial charge >= 0.3 is 11.9 Å². The van der Waals surface area contributed by atoms with Crippen molar-refractivity contribution in [1.82, 2.24) is 5.32 Å². The average Bonchev–Trinajstić information content (AvgIpc) is 2.98. The molecule has 2 aliphatic rings. The molecule has 0 radical (unpaired) electrons. The smallest absolute Gasteiger partial charge is 0.356 e. The van der Waals surface area contributed by atoms with E-state index in [2.05, 4.69) is 5.32 Å². The molecule has 2 aliphatic carbocycles. The molecule has 1 saturated carbocycles. The van der Waals surface area contributed by atoms with Crippen LogP contribution in [0.15, 0.2) is 11.3 Å². The van der Waals surface area contributed by atoms with Gasteiger partial charge in [-0.3, -0.25) is 10.2 Å². The van der Waals surface area contributed by atoms with Crippen LogP contribution in [0.1, 0.15) is 19.8 Å². The third kappa shape index (κ3) is 2.37. The van der Waals surface area contributed by atoms with E-state index in [-0.39, 0.29) is 24.8 Å². The highest BCUT2D eigenvalue weighted by Gasteiger charge is 2.49. The van der Waals surface area contributed by atoms with Crippen molar-refractivity contribution in [3.05, 3.63) is 11.3 Å². The van der Waals surface area contributed by atoms with Crippen LogP contribution < -0.4 is 5.32 Å². The van der Waals surface area contributed by atoms with Crippen molar-refractivity contribution in [2.75, 3.05) is 13.2 Å². The number of ether oxygens (including phenoxy) is 1. The molecule has 3 N–H and O–H groups in total. The zero-order chi connectivity index (χ0) is 13.3. The number of esters is 1. The fourth-order valence-electron chi connectivity index (χ4n) is 2.42. The number of fused-ring (bicyclic) bond motifs is 1. The molecular weight excluding hydrogens is 236 g/mol. The van der Waals surface area contributed by atoms with Crippen LogP contribution >= 0.6 is 0 Å². The lowest BCUT2D eigenvalue weighted by Gasteiger charge is -2.12. The Balaban J connectivity index is 2.10. The minimum absolute atomic E-state index is 0.130. The van der Waals surface area contributed by atoms with Crippen LogP contribution in [-0.2, 0) is 14.3 Å². The molecule has 2 atom stereocenters. The molecule has 0 aliphatic heterocycles. The Hall–Kier alpha value is -1.85. The fraction of sp³-hybridized carbons (Fsp3) is 0.583. The zero-order valence-electron chi connectivity index (χ0n) is 10.2. The van der Waals surface area contributed by atoms with Gasteiger partial charge in [-0.05, 0) is 31.6 Å². The summed E-state index contributed by atoms with van der Waals surface area (Å²) in [6.45, 7) is 1.74. The number of rotatable bonds is 6. The van der Waals surface area contributed by atoms with Gasteiger partial charge < -0.3 is 15.2 Å². The molecule has 6 nitrogen and oxygen atoms in total. The second-order valence-electron chi connectivity index (χ2n) is 4.54. The van der Waals surface area contributed by atoms with E-state index in [9.17, 15) is 9.59 Å². The lowest BCUT2D eigenvalue weighted by atomic mass is 10.1. The second kappa shape index (κ2) is 4.80. The highest BCUT2D eigenvalue weighted by atomic mass is 16.5. The molecule has 0 aromatic rings. The summed E-state index contributed by atoms with van der Waals surface area (Å²) in [6, 6.07) is 0. The number of carbonyl (C=O) groups excluding carboxylic acids is 1. The van der Waals surface area contributed by atoms with E-state index in [1.165, 1.54) is 0 Å². The number of carboxylic acids is 1. The maximum atomic E-state index is 11.6. The maximum Gasteiger partial charge on any atom is 0.356 e. The fourth-order valence-corrected chi connectivity index (χ4v) is 2.42. The van der Waals surface area contributed by atoms with E-state index >= 15 is 0 Å². The first kappa shape index (κ1) is 12.6. The van der Waals surface area contributed by atoms with Gasteiger partial charge in [0.05, 0.1) is 6.61 Å². The molecule has 0 amide bonds. The number of nitrogens with one attached hydrogen (secondary N) is 2. The molecular formula is C12H16N2O4. The van der Waals surface area contributed by atoms with E-state index in [1.807, 2.05) is 0 Å². The van der Waals surface area contributed by atoms with Gasteiger partial charge in [0, 0.05) is 11.3 Å². The van der Waals surface area contributed by atoms with Gasteiger partial charge in [0.25, 0.3) is 0 Å². The molecule has 98 valence electrons. The maximum absolute atomic E-state index is 11.6. The van der Waals surface area contributed by atoms with Crippen LogP contribution in [0.5, 0.6) is 0 Å². The Labute approximate surface area is 105 Å². The Kier molecular flexibility index (Phi) is 3.36. The Morgan fingerprint density at radius 1 is 1.56 bits per heavy atom. The number of aliphatic carboxylic acids is 1. The highest BCUT2D eigenvalue weighted by Crippen LogP contribution is 2.54. The molecule has 0 spiro atoms. The van der Waals surface area contributed by atoms with Crippen molar-refractivity contribution >= 4 is 17.7 Å². The summed E-state index contributed by atoms with van der Waals surface area (Å²) in [6.07, 6.45) is 1.71. The summed E-state index contributed by atoms with van der Waals surface area (Å²) >= 11 is 0. The molecule has 18 heavy (non-hydrogen) atoms. The normalized spacial score (nSPS) is 24.5. The van der Waals surface area contributed by atoms with Crippen LogP contribution in [0.3, 0.4) is 0 Å². The molecule has 0 saturated heterocycles. The number of carbonyl (C=O) groups is 2. The topological polar surface area (TPSA) is 99.5 Å². The quantitative estimate of drug-likeness (QED) is 0.473. The standard InChI is InChI=1S/C12H16N2O4/c1-2-18-12(17)11(13)10-7-3-6(7)4-8(10)14-5-9(15)16/h6-7,13-14H,2-5H2,1H3,(H,15,16)/t6-,7-/m1/s1. The summed E-state index contributed by atoms with van der Waals surface area (Å²) in [5.74, 6) is -0.885. The lowest BCUT2D eigenvalue weighted by Crippen LogP contribution is -2.26. The van der Waals surface area contributed by atoms with Gasteiger partial charge in [-0.25, -0.2) is 4.79 Å². The SMILES string of the molecule is CCOC(=O)C(=N)C1=C(NCC(=O)O)C[C@H]2C[C@@H]12. The summed E-state index contributed by atoms with van der Waals surface area (Å²) in [5.41, 5.74) is 1.24. The number of allylic oxidation sites excluding steroid dienone is 1. The monoisotopic (exact) mass is 252 g/mol. The van der Waals surface area contributed by atoms with Crippen molar-refractivity contribution in [3.63, 3.8) is 0 Å². The van der Waals surface area contributed by atoms with E-state index in [0.717, 1.165) is 18.5 Å². The summed E-state index contributed by atoms with van der Waals surface area (Å²) < 4.78 is 4.82. The molecule has 1 fully saturated rings. The minimum Gasteiger partial charge on any atom is -0.480 e. The predicted octanol–water partition coefficient (Wildman–Crippen LogP) is 0.537. The summed E-state index contributed by atoms with van der Waals surface area (Å²) in [4.78, 5) is 22.1. The molecule has 0 aromatic heterocycles. The minimum atomic E-state index is -0.954. The molecule has 0 aromatic carbocycles. The first-order valence-electron chi connectivity index (χ1n) is 5.99. The Morgan fingerprint density at radius 2 is 2.28 bits per heavy atom. The van der Waals surface area contributed by atoms with Crippen LogP contribution in [-0.4, -0.2) is 35.9 Å². The highest BCUT2D eigenvalue weighted by molar-refractivity contribution is 6.42. The van der Waals surface area contributed by atoms with Crippen LogP contribution in [0, 0.1) is 17.2 Å². The van der Waals surface area contributed by atoms with Crippen molar-refractivity contribution in [3.8, 4) is 0 Å². The third-order valence-corrected chi connectivity index (χ3v) is 3.29. The van der Waals surface area contributed by atoms with Crippen molar-refractivity contribution in [2.45, 2.75) is 19.8 Å². The van der Waals surface area contributed by atoms with Gasteiger partial charge in [-0.15, -0.1) is 0 Å². The summed E-state index contributed by atoms with van der Waals surface area (Å²) in [7, 11) is 0. The molecule has 0 unspecified atom stereocenters. The van der Waals surface area contributed by atoms with E-state index in [1.54, 1.807) is 6.92 Å². The first-order chi connectivity index (χ1) is 8.54. The Bertz CT molecular complexity index is 441. The second-order valence-corrected chi connectivity index (χ2v) is 4.54. The van der Waals surface area contributed by atoms with Crippen LogP contribution in [0.2, 0.25) is 0 Å². The third-order valence-electron chi connectivity index (χ3n) is 3.29. The number of hydrogen-bond donors (Lipinski definition) is 3. The van der Waals surface area contributed by atoms with Gasteiger partial charge in [0.15, 0.2) is 0 Å². The van der Waals surface area contributed by atoms with Gasteiger partial charge in [-0.1, -0.05) is 0 Å². The Morgan fingerprint density at radius 3 is 2.89 bits per heavy atom. The molecule has 0 bridgehead atoms. The molecule has 2 rings (SSSR count). The van der Waals surface area contributed by atoms with Crippen LogP contribution in [0.25, 0.3) is 0 Å². The average molecular weight is 252 g/mol. The van der Waals surface area contributed by atoms with Gasteiger partial charge in [0.2, 0.25) is 0 Å². The van der Waals surface area contributed by atoms with Gasteiger partial charge in [0.1, 0.15) is 12.3 Å². The van der Waals surface area contributed by atoms with Crippen molar-refractivity contribution in [2.24, 2.45) is 11.8 Å². The lowest BCUT2D eigenvalue weighted by molar-refractivity contribution is -0.136. The molecule has 0 heterocycles. The number of carboxylic acid groups (broad SMARTS) is 1. The number of hydrogen-bond acceptors (Lipinski definition) is 5. The van der Waals surface area contributed by atoms with E-state index in [0.29, 0.717) is 11.5 Å². The van der Waals surface area contributed by atoms with E-state index < -0.39 is 11.9 Å². The van der Waals surface area contributed by atoms with Gasteiger partial charge in [-0.2, -0.15) is 0 Å². The van der Waals surface area contributed by atoms with Crippen molar-refractivity contribution < 1.29 is 19.4 Å².